The third-order valence-corrected chi connectivity index (χ3v) is 3.56. The maximum atomic E-state index is 13.4. The minimum absolute atomic E-state index is 0.163. The summed E-state index contributed by atoms with van der Waals surface area (Å²) in [6.07, 6.45) is 0. The number of benzene rings is 2. The van der Waals surface area contributed by atoms with Gasteiger partial charge in [0, 0.05) is 10.9 Å². The number of halogens is 2. The number of hydrogen-bond donors (Lipinski definition) is 1. The fraction of sp³-hybridized carbons (Fsp3) is 0.118. The lowest BCUT2D eigenvalue weighted by Crippen LogP contribution is -1.95. The summed E-state index contributed by atoms with van der Waals surface area (Å²) < 4.78 is 26.8. The van der Waals surface area contributed by atoms with E-state index >= 15 is 0 Å². The Morgan fingerprint density at radius 3 is 2.52 bits per heavy atom. The van der Waals surface area contributed by atoms with E-state index < -0.39 is 5.82 Å². The van der Waals surface area contributed by atoms with Crippen LogP contribution in [0.4, 0.5) is 8.78 Å². The van der Waals surface area contributed by atoms with Gasteiger partial charge in [0.15, 0.2) is 5.78 Å². The molecule has 3 aromatic rings. The van der Waals surface area contributed by atoms with Crippen molar-refractivity contribution >= 4 is 16.7 Å². The molecule has 1 heterocycles. The van der Waals surface area contributed by atoms with Crippen molar-refractivity contribution in [1.82, 2.24) is 4.98 Å². The first-order valence-electron chi connectivity index (χ1n) is 6.56. The summed E-state index contributed by atoms with van der Waals surface area (Å²) in [5, 5.41) is 0.541. The number of Topliss-reactive ketones (excluding diaryl/α,β-unsaturated/α-hetero) is 1. The van der Waals surface area contributed by atoms with Gasteiger partial charge in [0.05, 0.1) is 11.3 Å². The van der Waals surface area contributed by atoms with E-state index in [0.29, 0.717) is 33.3 Å². The molecule has 0 radical (unpaired) electrons. The van der Waals surface area contributed by atoms with E-state index in [2.05, 4.69) is 4.98 Å². The number of aryl methyl sites for hydroxylation is 1. The molecule has 2 aromatic carbocycles. The molecule has 2 nitrogen and oxygen atoms in total. The van der Waals surface area contributed by atoms with Crippen LogP contribution in [0, 0.1) is 18.6 Å². The minimum atomic E-state index is -0.397. The molecular weight excluding hydrogens is 272 g/mol. The molecule has 0 unspecified atom stereocenters. The summed E-state index contributed by atoms with van der Waals surface area (Å²) in [4.78, 5) is 15.1. The lowest BCUT2D eigenvalue weighted by Gasteiger charge is -2.04. The highest BCUT2D eigenvalue weighted by molar-refractivity contribution is 6.12. The molecule has 0 aliphatic heterocycles. The van der Waals surface area contributed by atoms with Crippen molar-refractivity contribution in [2.45, 2.75) is 13.8 Å². The molecule has 1 aromatic heterocycles. The Morgan fingerprint density at radius 2 is 1.86 bits per heavy atom. The van der Waals surface area contributed by atoms with E-state index in [-0.39, 0.29) is 11.6 Å². The first kappa shape index (κ1) is 13.5. The number of carbonyl (C=O) groups is 1. The summed E-state index contributed by atoms with van der Waals surface area (Å²) in [6, 6.07) is 8.90. The number of aromatic amines is 1. The summed E-state index contributed by atoms with van der Waals surface area (Å²) in [5.41, 5.74) is 2.89. The van der Waals surface area contributed by atoms with Gasteiger partial charge in [-0.3, -0.25) is 4.79 Å². The second-order valence-electron chi connectivity index (χ2n) is 5.09. The van der Waals surface area contributed by atoms with Crippen molar-refractivity contribution in [2.75, 3.05) is 0 Å². The Kier molecular flexibility index (Phi) is 3.09. The quantitative estimate of drug-likeness (QED) is 0.684. The van der Waals surface area contributed by atoms with Crippen molar-refractivity contribution in [3.8, 4) is 11.3 Å². The third kappa shape index (κ3) is 2.23. The van der Waals surface area contributed by atoms with Gasteiger partial charge in [0.1, 0.15) is 11.6 Å². The van der Waals surface area contributed by atoms with E-state index in [0.717, 1.165) is 0 Å². The Hall–Kier alpha value is -2.49. The van der Waals surface area contributed by atoms with Crippen LogP contribution in [0.5, 0.6) is 0 Å². The Morgan fingerprint density at radius 1 is 1.10 bits per heavy atom. The average Bonchev–Trinajstić information content (AvgIpc) is 2.80. The monoisotopic (exact) mass is 285 g/mol. The standard InChI is InChI=1S/C17H13F2NO/c1-9-7-11(3-5-14(9)19)17-16(10(2)21)13-8-12(18)4-6-15(13)20-17/h3-8,20H,1-2H3. The highest BCUT2D eigenvalue weighted by atomic mass is 19.1. The molecule has 0 atom stereocenters. The van der Waals surface area contributed by atoms with Crippen LogP contribution >= 0.6 is 0 Å². The van der Waals surface area contributed by atoms with E-state index in [1.54, 1.807) is 25.1 Å². The minimum Gasteiger partial charge on any atom is -0.354 e. The van der Waals surface area contributed by atoms with Crippen molar-refractivity contribution < 1.29 is 13.6 Å². The summed E-state index contributed by atoms with van der Waals surface area (Å²) in [7, 11) is 0. The molecule has 0 saturated carbocycles. The van der Waals surface area contributed by atoms with E-state index in [1.807, 2.05) is 0 Å². The number of hydrogen-bond acceptors (Lipinski definition) is 1. The van der Waals surface area contributed by atoms with Crippen molar-refractivity contribution in [1.29, 1.82) is 0 Å². The van der Waals surface area contributed by atoms with Gasteiger partial charge < -0.3 is 4.98 Å². The zero-order chi connectivity index (χ0) is 15.1. The van der Waals surface area contributed by atoms with Crippen LogP contribution in [0.25, 0.3) is 22.2 Å². The molecule has 0 aliphatic rings. The highest BCUT2D eigenvalue weighted by Crippen LogP contribution is 2.32. The van der Waals surface area contributed by atoms with Crippen molar-refractivity contribution in [3.05, 3.63) is 59.2 Å². The normalized spacial score (nSPS) is 11.0. The molecule has 0 bridgehead atoms. The topological polar surface area (TPSA) is 32.9 Å². The SMILES string of the molecule is CC(=O)c1c(-c2ccc(F)c(C)c2)[nH]c2ccc(F)cc12. The summed E-state index contributed by atoms with van der Waals surface area (Å²) >= 11 is 0. The fourth-order valence-corrected chi connectivity index (χ4v) is 2.55. The number of fused-ring (bicyclic) bond motifs is 1. The maximum Gasteiger partial charge on any atom is 0.162 e. The van der Waals surface area contributed by atoms with Gasteiger partial charge in [-0.1, -0.05) is 0 Å². The van der Waals surface area contributed by atoms with Crippen LogP contribution in [-0.2, 0) is 0 Å². The highest BCUT2D eigenvalue weighted by Gasteiger charge is 2.17. The predicted molar refractivity (Wildman–Crippen MR) is 78.4 cm³/mol. The van der Waals surface area contributed by atoms with Crippen LogP contribution in [0.2, 0.25) is 0 Å². The smallest absolute Gasteiger partial charge is 0.162 e. The second-order valence-corrected chi connectivity index (χ2v) is 5.09. The van der Waals surface area contributed by atoms with Crippen LogP contribution in [-0.4, -0.2) is 10.8 Å². The summed E-state index contributed by atoms with van der Waals surface area (Å²) in [6.45, 7) is 3.10. The molecule has 4 heteroatoms. The molecule has 0 fully saturated rings. The first-order valence-corrected chi connectivity index (χ1v) is 6.56. The molecule has 0 saturated heterocycles. The van der Waals surface area contributed by atoms with Crippen LogP contribution in [0.15, 0.2) is 36.4 Å². The van der Waals surface area contributed by atoms with Gasteiger partial charge in [0.2, 0.25) is 0 Å². The Labute approximate surface area is 120 Å². The Bertz CT molecular complexity index is 865. The molecule has 21 heavy (non-hydrogen) atoms. The van der Waals surface area contributed by atoms with Gasteiger partial charge in [-0.2, -0.15) is 0 Å². The molecule has 0 amide bonds. The fourth-order valence-electron chi connectivity index (χ4n) is 2.55. The molecule has 3 rings (SSSR count). The number of H-pyrrole nitrogens is 1. The second kappa shape index (κ2) is 4.81. The van der Waals surface area contributed by atoms with E-state index in [1.165, 1.54) is 25.1 Å². The van der Waals surface area contributed by atoms with Crippen molar-refractivity contribution in [3.63, 3.8) is 0 Å². The van der Waals surface area contributed by atoms with Gasteiger partial charge >= 0.3 is 0 Å². The van der Waals surface area contributed by atoms with Crippen LogP contribution in [0.1, 0.15) is 22.8 Å². The Balaban J connectivity index is 2.33. The van der Waals surface area contributed by atoms with Crippen LogP contribution < -0.4 is 0 Å². The van der Waals surface area contributed by atoms with Gasteiger partial charge in [-0.05, 0) is 61.4 Å². The number of rotatable bonds is 2. The molecular formula is C17H13F2NO. The zero-order valence-corrected chi connectivity index (χ0v) is 11.6. The molecule has 0 spiro atoms. The zero-order valence-electron chi connectivity index (χ0n) is 11.6. The average molecular weight is 285 g/mol. The predicted octanol–water partition coefficient (Wildman–Crippen LogP) is 4.62. The molecule has 1 N–H and O–H groups in total. The number of carbonyl (C=O) groups excluding carboxylic acids is 1. The number of nitrogens with one attached hydrogen (secondary N) is 1. The van der Waals surface area contributed by atoms with Gasteiger partial charge in [-0.25, -0.2) is 8.78 Å². The van der Waals surface area contributed by atoms with Crippen LogP contribution in [0.3, 0.4) is 0 Å². The number of aromatic nitrogens is 1. The van der Waals surface area contributed by atoms with Gasteiger partial charge in [-0.15, -0.1) is 0 Å². The molecule has 0 aliphatic carbocycles. The van der Waals surface area contributed by atoms with Gasteiger partial charge in [0.25, 0.3) is 0 Å². The molecule has 106 valence electrons. The maximum absolute atomic E-state index is 13.4. The first-order chi connectivity index (χ1) is 9.97. The van der Waals surface area contributed by atoms with E-state index in [9.17, 15) is 13.6 Å². The lowest BCUT2D eigenvalue weighted by atomic mass is 10.0. The number of ketones is 1. The summed E-state index contributed by atoms with van der Waals surface area (Å²) in [5.74, 6) is -0.861. The third-order valence-electron chi connectivity index (χ3n) is 3.56. The largest absolute Gasteiger partial charge is 0.354 e. The van der Waals surface area contributed by atoms with E-state index in [4.69, 9.17) is 0 Å². The lowest BCUT2D eigenvalue weighted by molar-refractivity contribution is 0.102. The van der Waals surface area contributed by atoms with Crippen molar-refractivity contribution in [2.24, 2.45) is 0 Å².